The van der Waals surface area contributed by atoms with E-state index in [1.165, 1.54) is 0 Å². The van der Waals surface area contributed by atoms with E-state index < -0.39 is 12.6 Å². The van der Waals surface area contributed by atoms with E-state index in [0.717, 1.165) is 0 Å². The van der Waals surface area contributed by atoms with E-state index in [2.05, 4.69) is 4.74 Å². The van der Waals surface area contributed by atoms with Gasteiger partial charge in [0.1, 0.15) is 6.61 Å². The lowest BCUT2D eigenvalue weighted by molar-refractivity contribution is -0.144. The van der Waals surface area contributed by atoms with Gasteiger partial charge in [0, 0.05) is 0 Å². The molecule has 0 saturated carbocycles. The molecule has 0 aliphatic carbocycles. The molecule has 0 atom stereocenters. The molecular weight excluding hydrogens is 144 g/mol. The number of halogens is 1. The maximum atomic E-state index is 10.3. The van der Waals surface area contributed by atoms with Crippen molar-refractivity contribution < 1.29 is 14.6 Å². The Morgan fingerprint density at radius 3 is 2.67 bits per heavy atom. The van der Waals surface area contributed by atoms with Crippen molar-refractivity contribution in [3.8, 4) is 0 Å². The summed E-state index contributed by atoms with van der Waals surface area (Å²) in [5, 5.41) is 9.77. The number of esters is 1. The van der Waals surface area contributed by atoms with Crippen LogP contribution < -0.4 is 0 Å². The fourth-order valence-electron chi connectivity index (χ4n) is 0.308. The zero-order chi connectivity index (χ0) is 7.11. The van der Waals surface area contributed by atoms with E-state index in [1.54, 1.807) is 0 Å². The molecule has 0 aromatic heterocycles. The highest BCUT2D eigenvalue weighted by atomic mass is 35.5. The highest BCUT2D eigenvalue weighted by Crippen LogP contribution is 1.85. The van der Waals surface area contributed by atoms with E-state index in [4.69, 9.17) is 11.6 Å². The van der Waals surface area contributed by atoms with Gasteiger partial charge in [-0.2, -0.15) is 0 Å². The molecule has 0 fully saturated rings. The molecule has 0 rings (SSSR count). The highest BCUT2D eigenvalue weighted by molar-refractivity contribution is 6.18. The monoisotopic (exact) mass is 151 g/mol. The second-order valence-electron chi connectivity index (χ2n) is 1.36. The zero-order valence-corrected chi connectivity index (χ0v) is 5.69. The Kier molecular flexibility index (Phi) is 5.67. The van der Waals surface area contributed by atoms with E-state index in [-0.39, 0.29) is 18.9 Å². The average Bonchev–Trinajstić information content (AvgIpc) is 1.85. The lowest BCUT2D eigenvalue weighted by Crippen LogP contribution is -2.07. The summed E-state index contributed by atoms with van der Waals surface area (Å²) >= 11 is 5.19. The molecule has 3 nitrogen and oxygen atoms in total. The minimum atomic E-state index is -0.467. The van der Waals surface area contributed by atoms with Gasteiger partial charge in [-0.3, -0.25) is 4.79 Å². The first-order chi connectivity index (χ1) is 4.31. The predicted molar refractivity (Wildman–Crippen MR) is 31.8 cm³/mol. The van der Waals surface area contributed by atoms with Crippen LogP contribution in [0.2, 0.25) is 0 Å². The maximum absolute atomic E-state index is 10.3. The van der Waals surface area contributed by atoms with Gasteiger partial charge >= 0.3 is 5.97 Å². The highest BCUT2D eigenvalue weighted by Gasteiger charge is 1.98. The number of rotatable bonds is 4. The third-order valence-corrected chi connectivity index (χ3v) is 0.801. The van der Waals surface area contributed by atoms with Crippen LogP contribution in [0.15, 0.2) is 0 Å². The van der Waals surface area contributed by atoms with Crippen molar-refractivity contribution in [2.45, 2.75) is 6.42 Å². The number of hydrogen-bond donors (Lipinski definition) is 0. The van der Waals surface area contributed by atoms with Gasteiger partial charge in [0.2, 0.25) is 0 Å². The molecule has 0 bridgehead atoms. The number of carbonyl (C=O) groups excluding carboxylic acids is 1. The Labute approximate surface area is 58.6 Å². The summed E-state index contributed by atoms with van der Waals surface area (Å²) in [5.41, 5.74) is 0. The molecule has 0 N–H and O–H groups in total. The quantitative estimate of drug-likeness (QED) is 0.436. The van der Waals surface area contributed by atoms with Crippen LogP contribution in [0.1, 0.15) is 6.42 Å². The molecule has 53 valence electrons. The second-order valence-corrected chi connectivity index (χ2v) is 1.74. The van der Waals surface area contributed by atoms with Crippen molar-refractivity contribution >= 4 is 17.6 Å². The Balaban J connectivity index is 3.06. The average molecular weight is 152 g/mol. The van der Waals surface area contributed by atoms with Crippen LogP contribution in [-0.2, 0) is 14.6 Å². The van der Waals surface area contributed by atoms with Crippen LogP contribution in [0.25, 0.3) is 0 Å². The van der Waals surface area contributed by atoms with Gasteiger partial charge in [0.15, 0.2) is 0 Å². The Bertz CT molecular complexity index is 84.3. The number of hydrogen-bond acceptors (Lipinski definition) is 2. The summed E-state index contributed by atoms with van der Waals surface area (Å²) in [7, 11) is 0. The first-order valence-electron chi connectivity index (χ1n) is 2.61. The predicted octanol–water partition coefficient (Wildman–Crippen LogP) is 0.589. The first-order valence-corrected chi connectivity index (χ1v) is 3.14. The van der Waals surface area contributed by atoms with E-state index in [1.807, 2.05) is 0 Å². The lowest BCUT2D eigenvalue weighted by atomic mass is 10.5. The van der Waals surface area contributed by atoms with Gasteiger partial charge in [-0.25, -0.2) is 5.11 Å². The summed E-state index contributed by atoms with van der Waals surface area (Å²) in [6.45, 7) is -0.221. The maximum Gasteiger partial charge on any atom is 0.308 e. The Morgan fingerprint density at radius 1 is 1.56 bits per heavy atom. The summed E-state index contributed by atoms with van der Waals surface area (Å²) in [4.78, 5) is 10.3. The van der Waals surface area contributed by atoms with E-state index >= 15 is 0 Å². The van der Waals surface area contributed by atoms with Gasteiger partial charge in [-0.1, -0.05) is 0 Å². The lowest BCUT2D eigenvalue weighted by Gasteiger charge is -1.97. The van der Waals surface area contributed by atoms with Gasteiger partial charge in [-0.05, 0) is 0 Å². The third-order valence-electron chi connectivity index (χ3n) is 0.646. The molecule has 0 aromatic carbocycles. The SMILES string of the molecule is [O]CCC(=O)OCCCl. The van der Waals surface area contributed by atoms with Crippen LogP contribution in [0.3, 0.4) is 0 Å². The Morgan fingerprint density at radius 2 is 2.22 bits per heavy atom. The Hall–Kier alpha value is -0.280. The molecule has 0 heterocycles. The first kappa shape index (κ1) is 8.72. The fraction of sp³-hybridized carbons (Fsp3) is 0.800. The van der Waals surface area contributed by atoms with Gasteiger partial charge in [-0.15, -0.1) is 11.6 Å². The van der Waals surface area contributed by atoms with Crippen molar-refractivity contribution in [1.29, 1.82) is 0 Å². The van der Waals surface area contributed by atoms with Crippen LogP contribution in [0.5, 0.6) is 0 Å². The van der Waals surface area contributed by atoms with E-state index in [0.29, 0.717) is 0 Å². The van der Waals surface area contributed by atoms with Crippen molar-refractivity contribution in [1.82, 2.24) is 0 Å². The molecule has 9 heavy (non-hydrogen) atoms. The van der Waals surface area contributed by atoms with Crippen LogP contribution >= 0.6 is 11.6 Å². The molecule has 0 spiro atoms. The number of alkyl halides is 1. The van der Waals surface area contributed by atoms with Crippen molar-refractivity contribution in [2.24, 2.45) is 0 Å². The minimum absolute atomic E-state index is 0.0586. The summed E-state index contributed by atoms with van der Waals surface area (Å²) in [6, 6.07) is 0. The number of carbonyl (C=O) groups is 1. The van der Waals surface area contributed by atoms with Gasteiger partial charge in [0.25, 0.3) is 0 Å². The van der Waals surface area contributed by atoms with Gasteiger partial charge < -0.3 is 4.74 Å². The summed E-state index contributed by atoms with van der Waals surface area (Å²) < 4.78 is 4.46. The largest absolute Gasteiger partial charge is 0.464 e. The molecule has 0 unspecified atom stereocenters. The topological polar surface area (TPSA) is 46.2 Å². The molecule has 0 saturated heterocycles. The number of ether oxygens (including phenoxy) is 1. The van der Waals surface area contributed by atoms with Crippen LogP contribution in [-0.4, -0.2) is 25.1 Å². The molecule has 0 aromatic rings. The van der Waals surface area contributed by atoms with Crippen molar-refractivity contribution in [2.75, 3.05) is 19.1 Å². The standard InChI is InChI=1S/C5H8ClO3/c6-2-4-9-5(8)1-3-7/h1-4H2. The van der Waals surface area contributed by atoms with Gasteiger partial charge in [0.05, 0.1) is 18.9 Å². The van der Waals surface area contributed by atoms with Crippen molar-refractivity contribution in [3.63, 3.8) is 0 Å². The van der Waals surface area contributed by atoms with Crippen molar-refractivity contribution in [3.05, 3.63) is 0 Å². The molecular formula is C5H8ClO3. The van der Waals surface area contributed by atoms with Crippen LogP contribution in [0.4, 0.5) is 0 Å². The molecule has 0 amide bonds. The molecule has 0 aliphatic heterocycles. The zero-order valence-electron chi connectivity index (χ0n) is 4.93. The fourth-order valence-corrected chi connectivity index (χ4v) is 0.385. The van der Waals surface area contributed by atoms with Crippen LogP contribution in [0, 0.1) is 0 Å². The summed E-state index contributed by atoms with van der Waals surface area (Å²) in [6.07, 6.45) is -0.0586. The second kappa shape index (κ2) is 5.85. The summed E-state index contributed by atoms with van der Waals surface area (Å²) in [5.74, 6) is -0.185. The third kappa shape index (κ3) is 5.59. The van der Waals surface area contributed by atoms with E-state index in [9.17, 15) is 9.90 Å². The normalized spacial score (nSPS) is 9.11. The smallest absolute Gasteiger partial charge is 0.308 e. The molecule has 0 aliphatic rings. The molecule has 4 heteroatoms. The molecule has 1 radical (unpaired) electrons. The minimum Gasteiger partial charge on any atom is -0.464 e.